The molecule has 0 atom stereocenters. The third kappa shape index (κ3) is 2.97. The fourth-order valence-corrected chi connectivity index (χ4v) is 3.94. The summed E-state index contributed by atoms with van der Waals surface area (Å²) in [5, 5.41) is 33.8. The van der Waals surface area contributed by atoms with E-state index in [-0.39, 0.29) is 23.0 Å². The van der Waals surface area contributed by atoms with Gasteiger partial charge in [-0.1, -0.05) is 18.2 Å². The van der Waals surface area contributed by atoms with Crippen LogP contribution in [0, 0.1) is 0 Å². The van der Waals surface area contributed by atoms with Crippen molar-refractivity contribution in [3.63, 3.8) is 0 Å². The summed E-state index contributed by atoms with van der Waals surface area (Å²) in [6.07, 6.45) is 0.420. The molecule has 3 N–H and O–H groups in total. The van der Waals surface area contributed by atoms with Crippen molar-refractivity contribution < 1.29 is 29.5 Å². The lowest BCUT2D eigenvalue weighted by molar-refractivity contribution is 0.335. The highest BCUT2D eigenvalue weighted by molar-refractivity contribution is 6.15. The minimum Gasteiger partial charge on any atom is -0.508 e. The molecule has 6 nitrogen and oxygen atoms in total. The number of rotatable bonds is 5. The maximum Gasteiger partial charge on any atom is 0.204 e. The zero-order valence-corrected chi connectivity index (χ0v) is 16.9. The summed E-state index contributed by atoms with van der Waals surface area (Å²) >= 11 is 0. The Hall–Kier alpha value is -3.80. The second-order valence-electron chi connectivity index (χ2n) is 6.94. The third-order valence-electron chi connectivity index (χ3n) is 5.32. The molecule has 30 heavy (non-hydrogen) atoms. The Morgan fingerprint density at radius 2 is 1.23 bits per heavy atom. The van der Waals surface area contributed by atoms with Gasteiger partial charge in [0, 0.05) is 22.8 Å². The van der Waals surface area contributed by atoms with E-state index < -0.39 is 0 Å². The lowest BCUT2D eigenvalue weighted by Gasteiger charge is -2.19. The number of phenolic OH excluding ortho intramolecular Hbond substituents is 3. The monoisotopic (exact) mass is 406 g/mol. The smallest absolute Gasteiger partial charge is 0.204 e. The average Bonchev–Trinajstić information content (AvgIpc) is 2.76. The minimum absolute atomic E-state index is 0.0000170. The van der Waals surface area contributed by atoms with Crippen molar-refractivity contribution in [3.8, 4) is 34.5 Å². The number of fused-ring (bicyclic) bond motifs is 3. The number of hydrogen-bond donors (Lipinski definition) is 3. The van der Waals surface area contributed by atoms with E-state index in [4.69, 9.17) is 14.2 Å². The van der Waals surface area contributed by atoms with E-state index in [1.54, 1.807) is 36.4 Å². The Morgan fingerprint density at radius 1 is 0.633 bits per heavy atom. The Morgan fingerprint density at radius 3 is 1.87 bits per heavy atom. The first-order chi connectivity index (χ1) is 14.5. The van der Waals surface area contributed by atoms with Crippen LogP contribution in [0.5, 0.6) is 34.5 Å². The van der Waals surface area contributed by atoms with Crippen LogP contribution in [0.15, 0.2) is 48.5 Å². The summed E-state index contributed by atoms with van der Waals surface area (Å²) in [4.78, 5) is 0. The molecular formula is C24H22O6. The van der Waals surface area contributed by atoms with Crippen LogP contribution in [0.1, 0.15) is 11.1 Å². The van der Waals surface area contributed by atoms with E-state index in [2.05, 4.69) is 0 Å². The summed E-state index contributed by atoms with van der Waals surface area (Å²) < 4.78 is 16.6. The zero-order chi connectivity index (χ0) is 21.4. The Balaban J connectivity index is 2.10. The van der Waals surface area contributed by atoms with Gasteiger partial charge in [0.25, 0.3) is 0 Å². The van der Waals surface area contributed by atoms with Crippen LogP contribution in [0.25, 0.3) is 21.5 Å². The second-order valence-corrected chi connectivity index (χ2v) is 6.94. The van der Waals surface area contributed by atoms with Gasteiger partial charge in [-0.05, 0) is 46.7 Å². The number of aromatic hydroxyl groups is 3. The summed E-state index contributed by atoms with van der Waals surface area (Å²) in [6, 6.07) is 13.9. The predicted octanol–water partition coefficient (Wildman–Crippen LogP) is 4.73. The average molecular weight is 406 g/mol. The molecule has 154 valence electrons. The van der Waals surface area contributed by atoms with Crippen molar-refractivity contribution in [2.24, 2.45) is 0 Å². The first-order valence-corrected chi connectivity index (χ1v) is 9.36. The fourth-order valence-electron chi connectivity index (χ4n) is 3.94. The molecule has 4 aromatic carbocycles. The molecule has 0 aromatic heterocycles. The Bertz CT molecular complexity index is 1240. The van der Waals surface area contributed by atoms with Crippen LogP contribution < -0.4 is 14.2 Å². The molecule has 4 rings (SSSR count). The van der Waals surface area contributed by atoms with Gasteiger partial charge in [-0.3, -0.25) is 0 Å². The topological polar surface area (TPSA) is 88.4 Å². The van der Waals surface area contributed by atoms with E-state index >= 15 is 0 Å². The Kier molecular flexibility index (Phi) is 4.91. The van der Waals surface area contributed by atoms with Crippen LogP contribution in [-0.4, -0.2) is 36.6 Å². The van der Waals surface area contributed by atoms with Crippen molar-refractivity contribution in [2.45, 2.75) is 6.42 Å². The maximum absolute atomic E-state index is 11.0. The lowest BCUT2D eigenvalue weighted by atomic mass is 9.92. The molecule has 0 fully saturated rings. The van der Waals surface area contributed by atoms with Gasteiger partial charge in [0.1, 0.15) is 5.75 Å². The van der Waals surface area contributed by atoms with E-state index in [0.29, 0.717) is 28.9 Å². The standard InChI is InChI=1S/C24H22O6/c1-28-22-17-9-8-16-18(12-13-4-6-14(25)7-5-13)21(27)24(30-3)23(29-2)20(16)15(17)10-11-19(22)26/h4-11,25-27H,12H2,1-3H3. The van der Waals surface area contributed by atoms with Crippen LogP contribution >= 0.6 is 0 Å². The van der Waals surface area contributed by atoms with Gasteiger partial charge >= 0.3 is 0 Å². The SMILES string of the molecule is COc1c(O)c(Cc2ccc(O)cc2)c2ccc3c(OC)c(O)ccc3c2c1OC. The molecule has 6 heteroatoms. The highest BCUT2D eigenvalue weighted by Crippen LogP contribution is 2.50. The highest BCUT2D eigenvalue weighted by atomic mass is 16.5. The molecule has 0 heterocycles. The predicted molar refractivity (Wildman–Crippen MR) is 115 cm³/mol. The number of benzene rings is 4. The molecule has 0 radical (unpaired) electrons. The van der Waals surface area contributed by atoms with E-state index in [9.17, 15) is 15.3 Å². The molecule has 0 amide bonds. The molecular weight excluding hydrogens is 384 g/mol. The summed E-state index contributed by atoms with van der Waals surface area (Å²) in [6.45, 7) is 0. The molecule has 0 saturated heterocycles. The molecule has 0 aliphatic carbocycles. The van der Waals surface area contributed by atoms with Gasteiger partial charge in [0.05, 0.1) is 21.3 Å². The zero-order valence-electron chi connectivity index (χ0n) is 16.9. The first kappa shape index (κ1) is 19.5. The number of ether oxygens (including phenoxy) is 3. The van der Waals surface area contributed by atoms with Gasteiger partial charge in [-0.15, -0.1) is 0 Å². The van der Waals surface area contributed by atoms with Gasteiger partial charge < -0.3 is 29.5 Å². The van der Waals surface area contributed by atoms with Gasteiger partial charge in [-0.2, -0.15) is 0 Å². The summed E-state index contributed by atoms with van der Waals surface area (Å²) in [5.41, 5.74) is 1.59. The van der Waals surface area contributed by atoms with Crippen LogP contribution in [0.4, 0.5) is 0 Å². The number of hydrogen-bond acceptors (Lipinski definition) is 6. The molecule has 0 aliphatic rings. The van der Waals surface area contributed by atoms with Crippen molar-refractivity contribution in [3.05, 3.63) is 59.7 Å². The van der Waals surface area contributed by atoms with Crippen LogP contribution in [0.3, 0.4) is 0 Å². The highest BCUT2D eigenvalue weighted by Gasteiger charge is 2.23. The number of phenols is 3. The fraction of sp³-hybridized carbons (Fsp3) is 0.167. The molecule has 0 spiro atoms. The largest absolute Gasteiger partial charge is 0.508 e. The van der Waals surface area contributed by atoms with Crippen molar-refractivity contribution >= 4 is 21.5 Å². The quantitative estimate of drug-likeness (QED) is 0.416. The van der Waals surface area contributed by atoms with E-state index in [1.165, 1.54) is 21.3 Å². The van der Waals surface area contributed by atoms with Crippen LogP contribution in [-0.2, 0) is 6.42 Å². The van der Waals surface area contributed by atoms with Gasteiger partial charge in [0.2, 0.25) is 5.75 Å². The molecule has 0 aliphatic heterocycles. The van der Waals surface area contributed by atoms with Crippen molar-refractivity contribution in [2.75, 3.05) is 21.3 Å². The van der Waals surface area contributed by atoms with Gasteiger partial charge in [-0.25, -0.2) is 0 Å². The lowest BCUT2D eigenvalue weighted by Crippen LogP contribution is -1.99. The van der Waals surface area contributed by atoms with E-state index in [1.807, 2.05) is 12.1 Å². The second kappa shape index (κ2) is 7.55. The molecule has 0 saturated carbocycles. The van der Waals surface area contributed by atoms with Crippen molar-refractivity contribution in [1.29, 1.82) is 0 Å². The summed E-state index contributed by atoms with van der Waals surface area (Å²) in [5.74, 6) is 1.22. The normalized spacial score (nSPS) is 11.0. The molecule has 4 aromatic rings. The third-order valence-corrected chi connectivity index (χ3v) is 5.32. The molecule has 0 unspecified atom stereocenters. The van der Waals surface area contributed by atoms with Gasteiger partial charge in [0.15, 0.2) is 23.0 Å². The minimum atomic E-state index is 0.0000170. The first-order valence-electron chi connectivity index (χ1n) is 9.36. The van der Waals surface area contributed by atoms with Crippen molar-refractivity contribution in [1.82, 2.24) is 0 Å². The maximum atomic E-state index is 11.0. The summed E-state index contributed by atoms with van der Waals surface area (Å²) in [7, 11) is 4.50. The van der Waals surface area contributed by atoms with E-state index in [0.717, 1.165) is 21.7 Å². The molecule has 0 bridgehead atoms. The Labute approximate surface area is 173 Å². The van der Waals surface area contributed by atoms with Crippen LogP contribution in [0.2, 0.25) is 0 Å². The number of methoxy groups -OCH3 is 3.